The van der Waals surface area contributed by atoms with E-state index < -0.39 is 0 Å². The third-order valence-corrected chi connectivity index (χ3v) is 3.03. The zero-order valence-electron chi connectivity index (χ0n) is 10.8. The predicted octanol–water partition coefficient (Wildman–Crippen LogP) is 2.48. The fourth-order valence-corrected chi connectivity index (χ4v) is 1.84. The monoisotopic (exact) mass is 254 g/mol. The van der Waals surface area contributed by atoms with E-state index in [1.165, 1.54) is 0 Å². The highest BCUT2D eigenvalue weighted by atomic mass is 15.4. The smallest absolute Gasteiger partial charge is 0.185 e. The Morgan fingerprint density at radius 3 is 2.89 bits per heavy atom. The summed E-state index contributed by atoms with van der Waals surface area (Å²) in [7, 11) is 0. The summed E-state index contributed by atoms with van der Waals surface area (Å²) in [6, 6.07) is 7.94. The van der Waals surface area contributed by atoms with Crippen molar-refractivity contribution >= 4 is 27.9 Å². The maximum absolute atomic E-state index is 4.44. The van der Waals surface area contributed by atoms with Crippen molar-refractivity contribution in [3.05, 3.63) is 30.6 Å². The number of benzene rings is 1. The number of aromatic nitrogens is 4. The lowest BCUT2D eigenvalue weighted by Gasteiger charge is -2.06. The first-order valence-corrected chi connectivity index (χ1v) is 6.17. The summed E-state index contributed by atoms with van der Waals surface area (Å²) >= 11 is 0. The summed E-state index contributed by atoms with van der Waals surface area (Å²) in [6.07, 6.45) is 2.49. The van der Waals surface area contributed by atoms with Crippen LogP contribution in [-0.2, 0) is 0 Å². The van der Waals surface area contributed by atoms with E-state index in [2.05, 4.69) is 32.7 Å². The summed E-state index contributed by atoms with van der Waals surface area (Å²) < 4.78 is 1.65. The van der Waals surface area contributed by atoms with E-state index in [4.69, 9.17) is 0 Å². The van der Waals surface area contributed by atoms with Gasteiger partial charge in [0.25, 0.3) is 0 Å². The van der Waals surface area contributed by atoms with Gasteiger partial charge in [0.1, 0.15) is 6.33 Å². The molecule has 2 heterocycles. The number of nitrogens with zero attached hydrogens (tertiary/aromatic N) is 5. The molecule has 0 saturated heterocycles. The third kappa shape index (κ3) is 2.01. The van der Waals surface area contributed by atoms with Crippen molar-refractivity contribution in [2.24, 2.45) is 5.10 Å². The van der Waals surface area contributed by atoms with Gasteiger partial charge in [-0.1, -0.05) is 31.2 Å². The van der Waals surface area contributed by atoms with Crippen LogP contribution in [0.3, 0.4) is 0 Å². The molecule has 19 heavy (non-hydrogen) atoms. The number of rotatable bonds is 3. The molecular formula is C13H14N6. The van der Waals surface area contributed by atoms with Gasteiger partial charge in [0.2, 0.25) is 0 Å². The van der Waals surface area contributed by atoms with E-state index in [0.717, 1.165) is 28.6 Å². The summed E-state index contributed by atoms with van der Waals surface area (Å²) in [4.78, 5) is 0. The molecule has 0 radical (unpaired) electrons. The lowest BCUT2D eigenvalue weighted by molar-refractivity contribution is 0.933. The molecule has 0 bridgehead atoms. The van der Waals surface area contributed by atoms with Crippen molar-refractivity contribution in [3.8, 4) is 0 Å². The first kappa shape index (κ1) is 11.6. The minimum absolute atomic E-state index is 0.704. The van der Waals surface area contributed by atoms with Gasteiger partial charge in [-0.25, -0.2) is 0 Å². The van der Waals surface area contributed by atoms with Crippen LogP contribution in [0.1, 0.15) is 20.3 Å². The normalized spacial score (nSPS) is 12.2. The molecule has 96 valence electrons. The second-order valence-electron chi connectivity index (χ2n) is 4.31. The van der Waals surface area contributed by atoms with Crippen LogP contribution in [0.15, 0.2) is 35.7 Å². The maximum atomic E-state index is 4.44. The lowest BCUT2D eigenvalue weighted by atomic mass is 10.2. The SMILES string of the molecule is CCC(C)=NNc1nn2cnnc2c2ccccc12. The van der Waals surface area contributed by atoms with Gasteiger partial charge in [-0.05, 0) is 13.3 Å². The molecule has 3 rings (SSSR count). The molecule has 0 spiro atoms. The maximum Gasteiger partial charge on any atom is 0.185 e. The number of hydrogen-bond acceptors (Lipinski definition) is 5. The molecule has 0 atom stereocenters. The Bertz CT molecular complexity index is 758. The van der Waals surface area contributed by atoms with Crippen molar-refractivity contribution in [2.45, 2.75) is 20.3 Å². The summed E-state index contributed by atoms with van der Waals surface area (Å²) in [6.45, 7) is 4.04. The van der Waals surface area contributed by atoms with Crippen LogP contribution in [0.4, 0.5) is 5.82 Å². The van der Waals surface area contributed by atoms with Crippen LogP contribution in [0.25, 0.3) is 16.4 Å². The van der Waals surface area contributed by atoms with Crippen LogP contribution < -0.4 is 5.43 Å². The Labute approximate surface area is 110 Å². The van der Waals surface area contributed by atoms with Crippen LogP contribution in [0.2, 0.25) is 0 Å². The molecule has 0 fully saturated rings. The van der Waals surface area contributed by atoms with E-state index in [-0.39, 0.29) is 0 Å². The number of nitrogens with one attached hydrogen (secondary N) is 1. The number of anilines is 1. The molecule has 6 nitrogen and oxygen atoms in total. The Kier molecular flexibility index (Phi) is 2.83. The molecule has 0 aliphatic carbocycles. The first-order chi connectivity index (χ1) is 9.29. The van der Waals surface area contributed by atoms with Crippen molar-refractivity contribution in [1.82, 2.24) is 19.8 Å². The van der Waals surface area contributed by atoms with E-state index in [0.29, 0.717) is 5.82 Å². The molecule has 1 aromatic carbocycles. The Morgan fingerprint density at radius 1 is 1.32 bits per heavy atom. The second kappa shape index (κ2) is 4.64. The van der Waals surface area contributed by atoms with Crippen molar-refractivity contribution in [1.29, 1.82) is 0 Å². The molecule has 0 aliphatic rings. The Morgan fingerprint density at radius 2 is 2.11 bits per heavy atom. The van der Waals surface area contributed by atoms with E-state index in [1.54, 1.807) is 10.8 Å². The molecule has 0 aliphatic heterocycles. The topological polar surface area (TPSA) is 67.5 Å². The van der Waals surface area contributed by atoms with Gasteiger partial charge in [0.15, 0.2) is 11.5 Å². The summed E-state index contributed by atoms with van der Waals surface area (Å²) in [5, 5.41) is 18.7. The zero-order valence-corrected chi connectivity index (χ0v) is 10.8. The van der Waals surface area contributed by atoms with E-state index >= 15 is 0 Å². The quantitative estimate of drug-likeness (QED) is 0.576. The fraction of sp³-hybridized carbons (Fsp3) is 0.231. The number of hydrogen-bond donors (Lipinski definition) is 1. The van der Waals surface area contributed by atoms with Crippen molar-refractivity contribution < 1.29 is 0 Å². The molecule has 3 aromatic rings. The fourth-order valence-electron chi connectivity index (χ4n) is 1.84. The Hall–Kier alpha value is -2.50. The van der Waals surface area contributed by atoms with Gasteiger partial charge in [0, 0.05) is 16.5 Å². The van der Waals surface area contributed by atoms with Crippen LogP contribution >= 0.6 is 0 Å². The molecule has 0 saturated carbocycles. The minimum atomic E-state index is 0.704. The highest BCUT2D eigenvalue weighted by Gasteiger charge is 2.08. The summed E-state index contributed by atoms with van der Waals surface area (Å²) in [5.74, 6) is 0.704. The van der Waals surface area contributed by atoms with Gasteiger partial charge in [-0.2, -0.15) is 9.62 Å². The second-order valence-corrected chi connectivity index (χ2v) is 4.31. The molecule has 2 aromatic heterocycles. The van der Waals surface area contributed by atoms with Crippen molar-refractivity contribution in [3.63, 3.8) is 0 Å². The van der Waals surface area contributed by atoms with Gasteiger partial charge < -0.3 is 0 Å². The molecule has 0 unspecified atom stereocenters. The zero-order chi connectivity index (χ0) is 13.2. The summed E-state index contributed by atoms with van der Waals surface area (Å²) in [5.41, 5.74) is 4.79. The highest BCUT2D eigenvalue weighted by molar-refractivity contribution is 6.00. The number of fused-ring (bicyclic) bond motifs is 3. The van der Waals surface area contributed by atoms with Gasteiger partial charge >= 0.3 is 0 Å². The molecule has 1 N–H and O–H groups in total. The van der Waals surface area contributed by atoms with E-state index in [1.807, 2.05) is 31.2 Å². The third-order valence-electron chi connectivity index (χ3n) is 3.03. The van der Waals surface area contributed by atoms with Crippen LogP contribution in [-0.4, -0.2) is 25.5 Å². The average Bonchev–Trinajstić information content (AvgIpc) is 2.92. The van der Waals surface area contributed by atoms with Crippen molar-refractivity contribution in [2.75, 3.05) is 5.43 Å². The largest absolute Gasteiger partial charge is 0.259 e. The molecule has 6 heteroatoms. The Balaban J connectivity index is 2.20. The standard InChI is InChI=1S/C13H14N6/c1-3-9(2)15-16-12-10-6-4-5-7-11(10)13-17-14-8-19(13)18-12/h4-8H,3H2,1-2H3,(H,16,18). The lowest BCUT2D eigenvalue weighted by Crippen LogP contribution is -2.02. The van der Waals surface area contributed by atoms with Gasteiger partial charge in [-0.3, -0.25) is 5.43 Å². The molecule has 0 amide bonds. The number of hydrazone groups is 1. The van der Waals surface area contributed by atoms with Crippen LogP contribution in [0, 0.1) is 0 Å². The van der Waals surface area contributed by atoms with E-state index in [9.17, 15) is 0 Å². The first-order valence-electron chi connectivity index (χ1n) is 6.17. The van der Waals surface area contributed by atoms with Gasteiger partial charge in [-0.15, -0.1) is 15.3 Å². The average molecular weight is 254 g/mol. The molecular weight excluding hydrogens is 240 g/mol. The predicted molar refractivity (Wildman–Crippen MR) is 75.3 cm³/mol. The highest BCUT2D eigenvalue weighted by Crippen LogP contribution is 2.23. The van der Waals surface area contributed by atoms with Gasteiger partial charge in [0.05, 0.1) is 0 Å². The minimum Gasteiger partial charge on any atom is -0.259 e. The van der Waals surface area contributed by atoms with Crippen LogP contribution in [0.5, 0.6) is 0 Å².